The van der Waals surface area contributed by atoms with E-state index < -0.39 is 0 Å². The first-order valence-electron chi connectivity index (χ1n) is 7.53. The van der Waals surface area contributed by atoms with Gasteiger partial charge in [-0.15, -0.1) is 24.0 Å². The molecule has 2 unspecified atom stereocenters. The molecule has 2 rings (SSSR count). The maximum absolute atomic E-state index is 4.43. The molecular weight excluding hydrogens is 375 g/mol. The van der Waals surface area contributed by atoms with Crippen molar-refractivity contribution in [2.45, 2.75) is 26.7 Å². The number of rotatable bonds is 3. The summed E-state index contributed by atoms with van der Waals surface area (Å²) in [5, 5.41) is 3.48. The molecule has 0 aliphatic carbocycles. The topological polar surface area (TPSA) is 40.5 Å². The molecule has 0 spiro atoms. The minimum absolute atomic E-state index is 0. The zero-order valence-corrected chi connectivity index (χ0v) is 15.6. The molecule has 4 nitrogen and oxygen atoms in total. The number of guanidine groups is 1. The molecule has 118 valence electrons. The lowest BCUT2D eigenvalue weighted by atomic mass is 9.92. The molecule has 1 N–H and O–H groups in total. The summed E-state index contributed by atoms with van der Waals surface area (Å²) in [6.45, 7) is 7.77. The number of pyridine rings is 1. The van der Waals surface area contributed by atoms with Gasteiger partial charge in [-0.3, -0.25) is 9.98 Å². The lowest BCUT2D eigenvalue weighted by Crippen LogP contribution is -2.48. The van der Waals surface area contributed by atoms with E-state index in [0.29, 0.717) is 0 Å². The monoisotopic (exact) mass is 402 g/mol. The molecule has 1 aliphatic heterocycles. The molecule has 1 saturated heterocycles. The van der Waals surface area contributed by atoms with Crippen molar-refractivity contribution in [1.29, 1.82) is 0 Å². The van der Waals surface area contributed by atoms with E-state index in [1.807, 2.05) is 25.5 Å². The van der Waals surface area contributed by atoms with Crippen molar-refractivity contribution < 1.29 is 0 Å². The highest BCUT2D eigenvalue weighted by molar-refractivity contribution is 14.0. The maximum atomic E-state index is 4.43. The second-order valence-corrected chi connectivity index (χ2v) is 5.94. The summed E-state index contributed by atoms with van der Waals surface area (Å²) < 4.78 is 0. The number of piperidine rings is 1. The van der Waals surface area contributed by atoms with Gasteiger partial charge in [0, 0.05) is 39.1 Å². The van der Waals surface area contributed by atoms with Crippen molar-refractivity contribution in [3.05, 3.63) is 30.1 Å². The van der Waals surface area contributed by atoms with Crippen LogP contribution >= 0.6 is 24.0 Å². The van der Waals surface area contributed by atoms with Gasteiger partial charge in [-0.1, -0.05) is 19.9 Å². The molecule has 21 heavy (non-hydrogen) atoms. The van der Waals surface area contributed by atoms with Gasteiger partial charge >= 0.3 is 0 Å². The Morgan fingerprint density at radius 3 is 2.67 bits per heavy atom. The summed E-state index contributed by atoms with van der Waals surface area (Å²) in [5.74, 6) is 2.53. The van der Waals surface area contributed by atoms with Gasteiger partial charge in [0.15, 0.2) is 5.96 Å². The van der Waals surface area contributed by atoms with Gasteiger partial charge in [-0.25, -0.2) is 0 Å². The zero-order valence-electron chi connectivity index (χ0n) is 13.2. The molecule has 5 heteroatoms. The average molecular weight is 402 g/mol. The van der Waals surface area contributed by atoms with E-state index in [4.69, 9.17) is 0 Å². The fourth-order valence-corrected chi connectivity index (χ4v) is 3.03. The van der Waals surface area contributed by atoms with Crippen LogP contribution in [0.3, 0.4) is 0 Å². The molecule has 1 fully saturated rings. The largest absolute Gasteiger partial charge is 0.356 e. The first-order chi connectivity index (χ1) is 9.69. The number of hydrogen-bond acceptors (Lipinski definition) is 2. The lowest BCUT2D eigenvalue weighted by molar-refractivity contribution is 0.208. The third-order valence-corrected chi connectivity index (χ3v) is 3.80. The van der Waals surface area contributed by atoms with Crippen LogP contribution in [0.1, 0.15) is 25.8 Å². The van der Waals surface area contributed by atoms with E-state index in [9.17, 15) is 0 Å². The molecule has 2 heterocycles. The molecule has 0 amide bonds. The van der Waals surface area contributed by atoms with Gasteiger partial charge in [0.2, 0.25) is 0 Å². The summed E-state index contributed by atoms with van der Waals surface area (Å²) in [7, 11) is 1.87. The molecule has 2 atom stereocenters. The van der Waals surface area contributed by atoms with Crippen LogP contribution in [0.4, 0.5) is 0 Å². The van der Waals surface area contributed by atoms with E-state index in [-0.39, 0.29) is 24.0 Å². The number of nitrogens with one attached hydrogen (secondary N) is 1. The van der Waals surface area contributed by atoms with Crippen LogP contribution in [0.15, 0.2) is 29.5 Å². The Balaban J connectivity index is 0.00000220. The summed E-state index contributed by atoms with van der Waals surface area (Å²) in [4.78, 5) is 11.0. The molecular formula is C16H27IN4. The van der Waals surface area contributed by atoms with Gasteiger partial charge in [0.25, 0.3) is 0 Å². The molecule has 0 radical (unpaired) electrons. The molecule has 0 saturated carbocycles. The van der Waals surface area contributed by atoms with Gasteiger partial charge in [-0.2, -0.15) is 0 Å². The lowest BCUT2D eigenvalue weighted by Gasteiger charge is -2.37. The first kappa shape index (κ1) is 18.2. The molecule has 0 bridgehead atoms. The van der Waals surface area contributed by atoms with E-state index in [1.54, 1.807) is 0 Å². The predicted molar refractivity (Wildman–Crippen MR) is 99.2 cm³/mol. The van der Waals surface area contributed by atoms with Crippen LogP contribution in [0, 0.1) is 11.8 Å². The third kappa shape index (κ3) is 5.80. The van der Waals surface area contributed by atoms with E-state index in [2.05, 4.69) is 40.1 Å². The molecule has 0 aromatic carbocycles. The Bertz CT molecular complexity index is 425. The van der Waals surface area contributed by atoms with Crippen molar-refractivity contribution in [3.8, 4) is 0 Å². The van der Waals surface area contributed by atoms with Crippen molar-refractivity contribution in [1.82, 2.24) is 15.2 Å². The van der Waals surface area contributed by atoms with Crippen LogP contribution in [0.25, 0.3) is 0 Å². The maximum Gasteiger partial charge on any atom is 0.193 e. The molecule has 1 aromatic heterocycles. The number of nitrogens with zero attached hydrogens (tertiary/aromatic N) is 3. The first-order valence-corrected chi connectivity index (χ1v) is 7.53. The Hall–Kier alpha value is -0.850. The van der Waals surface area contributed by atoms with Gasteiger partial charge in [0.1, 0.15) is 0 Å². The van der Waals surface area contributed by atoms with Crippen LogP contribution in [-0.4, -0.2) is 42.5 Å². The highest BCUT2D eigenvalue weighted by atomic mass is 127. The van der Waals surface area contributed by atoms with E-state index >= 15 is 0 Å². The second kappa shape index (κ2) is 9.23. The van der Waals surface area contributed by atoms with Gasteiger partial charge < -0.3 is 10.2 Å². The number of hydrogen-bond donors (Lipinski definition) is 1. The summed E-state index contributed by atoms with van der Waals surface area (Å²) in [6.07, 6.45) is 6.04. The van der Waals surface area contributed by atoms with Gasteiger partial charge in [0.05, 0.1) is 0 Å². The number of halogens is 1. The van der Waals surface area contributed by atoms with Crippen LogP contribution in [-0.2, 0) is 6.42 Å². The number of aromatic nitrogens is 1. The van der Waals surface area contributed by atoms with E-state index in [0.717, 1.165) is 43.9 Å². The second-order valence-electron chi connectivity index (χ2n) is 5.94. The minimum Gasteiger partial charge on any atom is -0.356 e. The highest BCUT2D eigenvalue weighted by Gasteiger charge is 2.23. The summed E-state index contributed by atoms with van der Waals surface area (Å²) in [5.41, 5.74) is 1.26. The summed E-state index contributed by atoms with van der Waals surface area (Å²) >= 11 is 0. The van der Waals surface area contributed by atoms with Crippen molar-refractivity contribution >= 4 is 29.9 Å². The van der Waals surface area contributed by atoms with E-state index in [1.165, 1.54) is 12.0 Å². The van der Waals surface area contributed by atoms with Gasteiger partial charge in [-0.05, 0) is 36.3 Å². The van der Waals surface area contributed by atoms with Crippen molar-refractivity contribution in [3.63, 3.8) is 0 Å². The minimum atomic E-state index is 0. The van der Waals surface area contributed by atoms with Crippen molar-refractivity contribution in [2.24, 2.45) is 16.8 Å². The van der Waals surface area contributed by atoms with Crippen LogP contribution in [0.2, 0.25) is 0 Å². The fourth-order valence-electron chi connectivity index (χ4n) is 3.03. The Morgan fingerprint density at radius 1 is 1.38 bits per heavy atom. The molecule has 1 aliphatic rings. The number of aliphatic imine (C=N–C) groups is 1. The average Bonchev–Trinajstić information content (AvgIpc) is 2.43. The number of likely N-dealkylation sites (tertiary alicyclic amines) is 1. The Kier molecular flexibility index (Phi) is 8.00. The highest BCUT2D eigenvalue weighted by Crippen LogP contribution is 2.20. The summed E-state index contributed by atoms with van der Waals surface area (Å²) in [6, 6.07) is 4.10. The smallest absolute Gasteiger partial charge is 0.193 e. The normalized spacial score (nSPS) is 22.6. The fraction of sp³-hybridized carbons (Fsp3) is 0.625. The Morgan fingerprint density at radius 2 is 2.10 bits per heavy atom. The standard InChI is InChI=1S/C16H26N4.HI/c1-13-9-14(2)12-20(11-13)16(17-3)19-8-6-15-5-4-7-18-10-15;/h4-5,7,10,13-14H,6,8-9,11-12H2,1-3H3,(H,17,19);1H. The van der Waals surface area contributed by atoms with Crippen LogP contribution < -0.4 is 5.32 Å². The quantitative estimate of drug-likeness (QED) is 0.480. The SMILES string of the molecule is CN=C(NCCc1cccnc1)N1CC(C)CC(C)C1.I. The molecule has 1 aromatic rings. The van der Waals surface area contributed by atoms with Crippen molar-refractivity contribution in [2.75, 3.05) is 26.7 Å². The zero-order chi connectivity index (χ0) is 14.4. The third-order valence-electron chi connectivity index (χ3n) is 3.80. The Labute approximate surface area is 145 Å². The predicted octanol–water partition coefficient (Wildman–Crippen LogP) is 2.80. The van der Waals surface area contributed by atoms with Crippen LogP contribution in [0.5, 0.6) is 0 Å².